The minimum absolute atomic E-state index is 0.0637. The maximum atomic E-state index is 13.3. The molecule has 0 fully saturated rings. The van der Waals surface area contributed by atoms with E-state index in [1.165, 1.54) is 16.9 Å². The summed E-state index contributed by atoms with van der Waals surface area (Å²) < 4.78 is 1.07. The second-order valence-electron chi connectivity index (χ2n) is 7.32. The lowest BCUT2D eigenvalue weighted by atomic mass is 10.0. The highest BCUT2D eigenvalue weighted by atomic mass is 35.5. The number of fused-ring (bicyclic) bond motifs is 3. The smallest absolute Gasteiger partial charge is 0.262 e. The van der Waals surface area contributed by atoms with Crippen LogP contribution in [-0.4, -0.2) is 17.4 Å². The average molecular weight is 443 g/mol. The van der Waals surface area contributed by atoms with Crippen LogP contribution >= 0.6 is 22.9 Å². The van der Waals surface area contributed by atoms with Gasteiger partial charge in [-0.3, -0.25) is 9.78 Å². The zero-order chi connectivity index (χ0) is 21.2. The zero-order valence-corrected chi connectivity index (χ0v) is 18.2. The molecule has 1 amide bonds. The first-order valence-corrected chi connectivity index (χ1v) is 11.3. The summed E-state index contributed by atoms with van der Waals surface area (Å²) in [6, 6.07) is 25.8. The van der Waals surface area contributed by atoms with Crippen molar-refractivity contribution in [3.63, 3.8) is 0 Å². The number of para-hydroxylation sites is 1. The van der Waals surface area contributed by atoms with E-state index in [-0.39, 0.29) is 5.91 Å². The number of carbonyl (C=O) groups excluding carboxylic acids is 1. The first-order valence-electron chi connectivity index (χ1n) is 10.1. The van der Waals surface area contributed by atoms with Crippen molar-refractivity contribution in [3.8, 4) is 11.1 Å². The number of pyridine rings is 1. The Labute approximate surface area is 189 Å². The number of thiophene rings is 1. The molecular weight excluding hydrogens is 424 g/mol. The second kappa shape index (κ2) is 8.50. The molecule has 0 aliphatic heterocycles. The Kier molecular flexibility index (Phi) is 5.41. The lowest BCUT2D eigenvalue weighted by Crippen LogP contribution is -2.25. The highest BCUT2D eigenvalue weighted by Gasteiger charge is 2.21. The summed E-state index contributed by atoms with van der Waals surface area (Å²) in [5.41, 5.74) is 4.00. The van der Waals surface area contributed by atoms with E-state index in [4.69, 9.17) is 11.6 Å². The number of hydrogen-bond donors (Lipinski definition) is 1. The molecule has 3 aromatic carbocycles. The van der Waals surface area contributed by atoms with Crippen LogP contribution in [0.25, 0.3) is 32.1 Å². The van der Waals surface area contributed by atoms with E-state index in [1.54, 1.807) is 0 Å². The summed E-state index contributed by atoms with van der Waals surface area (Å²) in [7, 11) is 0. The number of nitrogens with one attached hydrogen (secondary N) is 1. The van der Waals surface area contributed by atoms with Crippen molar-refractivity contribution in [3.05, 3.63) is 101 Å². The molecule has 5 aromatic rings. The third-order valence-corrected chi connectivity index (χ3v) is 6.80. The van der Waals surface area contributed by atoms with Crippen LogP contribution in [-0.2, 0) is 6.42 Å². The highest BCUT2D eigenvalue weighted by molar-refractivity contribution is 7.22. The largest absolute Gasteiger partial charge is 0.351 e. The maximum Gasteiger partial charge on any atom is 0.262 e. The molecular formula is C26H19ClN2OS. The molecule has 31 heavy (non-hydrogen) atoms. The number of benzene rings is 3. The normalized spacial score (nSPS) is 11.1. The maximum absolute atomic E-state index is 13.3. The average Bonchev–Trinajstić information content (AvgIpc) is 3.20. The van der Waals surface area contributed by atoms with Gasteiger partial charge in [-0.05, 0) is 35.7 Å². The number of aromatic nitrogens is 1. The highest BCUT2D eigenvalue weighted by Crippen LogP contribution is 2.41. The summed E-state index contributed by atoms with van der Waals surface area (Å²) in [5, 5.41) is 5.81. The molecule has 5 rings (SSSR count). The third-order valence-electron chi connectivity index (χ3n) is 5.31. The molecule has 3 nitrogen and oxygen atoms in total. The van der Waals surface area contributed by atoms with Gasteiger partial charge in [0.05, 0.1) is 5.52 Å². The molecule has 0 saturated heterocycles. The summed E-state index contributed by atoms with van der Waals surface area (Å²) in [6.45, 7) is 0.580. The topological polar surface area (TPSA) is 42.0 Å². The molecule has 2 heterocycles. The quantitative estimate of drug-likeness (QED) is 0.327. The standard InChI is InChI=1S/C26H19ClN2OS/c27-19-12-10-18(11-13-19)23-21-16-29-22-9-5-4-8-20(22)24(21)31-25(23)26(30)28-15-14-17-6-2-1-3-7-17/h1-13,16H,14-15H2,(H,28,30). The molecule has 5 heteroatoms. The SMILES string of the molecule is O=C(NCCc1ccccc1)c1sc2c(cnc3ccccc32)c1-c1ccc(Cl)cc1. The number of rotatable bonds is 5. The van der Waals surface area contributed by atoms with Gasteiger partial charge in [0.15, 0.2) is 0 Å². The molecule has 0 aliphatic carbocycles. The molecule has 1 N–H and O–H groups in total. The number of halogens is 1. The molecule has 0 atom stereocenters. The second-order valence-corrected chi connectivity index (χ2v) is 8.78. The van der Waals surface area contributed by atoms with Crippen molar-refractivity contribution in [2.45, 2.75) is 6.42 Å². The number of nitrogens with zero attached hydrogens (tertiary/aromatic N) is 1. The van der Waals surface area contributed by atoms with Gasteiger partial charge in [0.1, 0.15) is 4.88 Å². The van der Waals surface area contributed by atoms with E-state index in [0.29, 0.717) is 16.4 Å². The van der Waals surface area contributed by atoms with Crippen molar-refractivity contribution in [1.82, 2.24) is 10.3 Å². The molecule has 152 valence electrons. The molecule has 0 unspecified atom stereocenters. The minimum Gasteiger partial charge on any atom is -0.351 e. The Hall–Kier alpha value is -3.21. The first kappa shape index (κ1) is 19.7. The first-order chi connectivity index (χ1) is 15.2. The van der Waals surface area contributed by atoms with Crippen molar-refractivity contribution in [2.75, 3.05) is 6.54 Å². The van der Waals surface area contributed by atoms with Crippen LogP contribution in [0.1, 0.15) is 15.2 Å². The lowest BCUT2D eigenvalue weighted by Gasteiger charge is -2.07. The van der Waals surface area contributed by atoms with Crippen molar-refractivity contribution >= 4 is 49.8 Å². The Bertz CT molecular complexity index is 1380. The summed E-state index contributed by atoms with van der Waals surface area (Å²) >= 11 is 7.63. The van der Waals surface area contributed by atoms with E-state index in [9.17, 15) is 4.79 Å². The molecule has 0 radical (unpaired) electrons. The van der Waals surface area contributed by atoms with Gasteiger partial charge in [-0.15, -0.1) is 11.3 Å². The van der Waals surface area contributed by atoms with E-state index < -0.39 is 0 Å². The molecule has 2 aromatic heterocycles. The van der Waals surface area contributed by atoms with Gasteiger partial charge in [-0.2, -0.15) is 0 Å². The molecule has 0 aliphatic rings. The minimum atomic E-state index is -0.0637. The van der Waals surface area contributed by atoms with E-state index in [2.05, 4.69) is 28.5 Å². The summed E-state index contributed by atoms with van der Waals surface area (Å²) in [6.07, 6.45) is 2.66. The van der Waals surface area contributed by atoms with Crippen LogP contribution in [0.15, 0.2) is 85.1 Å². The monoisotopic (exact) mass is 442 g/mol. The van der Waals surface area contributed by atoms with Gasteiger partial charge < -0.3 is 5.32 Å². The van der Waals surface area contributed by atoms with Gasteiger partial charge in [-0.1, -0.05) is 72.3 Å². The van der Waals surface area contributed by atoms with Crippen LogP contribution in [0.4, 0.5) is 0 Å². The van der Waals surface area contributed by atoms with E-state index >= 15 is 0 Å². The summed E-state index contributed by atoms with van der Waals surface area (Å²) in [5.74, 6) is -0.0637. The van der Waals surface area contributed by atoms with Crippen LogP contribution in [0.2, 0.25) is 5.02 Å². The molecule has 0 spiro atoms. The predicted molar refractivity (Wildman–Crippen MR) is 130 cm³/mol. The third kappa shape index (κ3) is 3.92. The van der Waals surface area contributed by atoms with Crippen molar-refractivity contribution < 1.29 is 4.79 Å². The summed E-state index contributed by atoms with van der Waals surface area (Å²) in [4.78, 5) is 18.6. The van der Waals surface area contributed by atoms with Gasteiger partial charge in [0, 0.05) is 38.8 Å². The van der Waals surface area contributed by atoms with Gasteiger partial charge in [0.2, 0.25) is 0 Å². The van der Waals surface area contributed by atoms with Crippen LogP contribution in [0.5, 0.6) is 0 Å². The fourth-order valence-electron chi connectivity index (χ4n) is 3.79. The van der Waals surface area contributed by atoms with Gasteiger partial charge in [-0.25, -0.2) is 0 Å². The predicted octanol–water partition coefficient (Wildman–Crippen LogP) is 6.74. The lowest BCUT2D eigenvalue weighted by molar-refractivity contribution is 0.0959. The number of hydrogen-bond acceptors (Lipinski definition) is 3. The van der Waals surface area contributed by atoms with Crippen LogP contribution < -0.4 is 5.32 Å². The Morgan fingerprint density at radius 3 is 2.45 bits per heavy atom. The van der Waals surface area contributed by atoms with Crippen molar-refractivity contribution in [1.29, 1.82) is 0 Å². The Morgan fingerprint density at radius 2 is 1.65 bits per heavy atom. The van der Waals surface area contributed by atoms with E-state index in [0.717, 1.165) is 38.5 Å². The van der Waals surface area contributed by atoms with Gasteiger partial charge in [0.25, 0.3) is 5.91 Å². The van der Waals surface area contributed by atoms with E-state index in [1.807, 2.05) is 66.9 Å². The van der Waals surface area contributed by atoms with Crippen molar-refractivity contribution in [2.24, 2.45) is 0 Å². The fraction of sp³-hybridized carbons (Fsp3) is 0.0769. The Balaban J connectivity index is 1.56. The van der Waals surface area contributed by atoms with Crippen LogP contribution in [0, 0.1) is 0 Å². The van der Waals surface area contributed by atoms with Gasteiger partial charge >= 0.3 is 0 Å². The fourth-order valence-corrected chi connectivity index (χ4v) is 5.16. The Morgan fingerprint density at radius 1 is 0.903 bits per heavy atom. The zero-order valence-electron chi connectivity index (χ0n) is 16.6. The molecule has 0 saturated carbocycles. The number of carbonyl (C=O) groups is 1. The van der Waals surface area contributed by atoms with Crippen LogP contribution in [0.3, 0.4) is 0 Å². The molecule has 0 bridgehead atoms. The number of amides is 1.